The third-order valence-electron chi connectivity index (χ3n) is 1.45. The van der Waals surface area contributed by atoms with Crippen LogP contribution in [0.1, 0.15) is 6.92 Å². The Hall–Kier alpha value is -0.680. The highest BCUT2D eigenvalue weighted by atomic mass is 35.5. The number of halogens is 6. The van der Waals surface area contributed by atoms with Gasteiger partial charge in [0, 0.05) is 0 Å². The third kappa shape index (κ3) is 2.29. The number of hydrogen-bond acceptors (Lipinski definition) is 1. The van der Waals surface area contributed by atoms with Gasteiger partial charge in [-0.3, -0.25) is 0 Å². The largest absolute Gasteiger partial charge is 0.470 e. The van der Waals surface area contributed by atoms with Crippen LogP contribution in [-0.4, -0.2) is 5.56 Å². The van der Waals surface area contributed by atoms with E-state index in [1.807, 2.05) is 0 Å². The van der Waals surface area contributed by atoms with E-state index in [-0.39, 0.29) is 0 Å². The van der Waals surface area contributed by atoms with Gasteiger partial charge in [0.05, 0.1) is 0 Å². The van der Waals surface area contributed by atoms with E-state index < -0.39 is 39.6 Å². The van der Waals surface area contributed by atoms with Gasteiger partial charge < -0.3 is 4.74 Å². The number of benzene rings is 1. The Labute approximate surface area is 92.5 Å². The molecule has 1 rings (SSSR count). The van der Waals surface area contributed by atoms with Crippen molar-refractivity contribution in [1.82, 2.24) is 0 Å². The van der Waals surface area contributed by atoms with Crippen LogP contribution >= 0.6 is 23.2 Å². The molecule has 7 heteroatoms. The Morgan fingerprint density at radius 2 is 1.47 bits per heavy atom. The average molecular weight is 263 g/mol. The highest BCUT2D eigenvalue weighted by Gasteiger charge is 2.26. The Morgan fingerprint density at radius 1 is 1.00 bits per heavy atom. The molecular formula is C8H4Cl2F4O. The Balaban J connectivity index is 3.39. The molecule has 15 heavy (non-hydrogen) atoms. The number of hydrogen-bond donors (Lipinski definition) is 0. The van der Waals surface area contributed by atoms with Crippen molar-refractivity contribution >= 4 is 23.2 Å². The number of rotatable bonds is 2. The summed E-state index contributed by atoms with van der Waals surface area (Å²) in [6.45, 7) is 1.27. The first-order valence-electron chi connectivity index (χ1n) is 3.68. The van der Waals surface area contributed by atoms with E-state index in [1.165, 1.54) is 6.92 Å². The molecule has 0 amide bonds. The van der Waals surface area contributed by atoms with Crippen molar-refractivity contribution in [2.45, 2.75) is 12.5 Å². The first kappa shape index (κ1) is 12.4. The minimum absolute atomic E-state index is 0.949. The van der Waals surface area contributed by atoms with Crippen molar-refractivity contribution in [3.63, 3.8) is 0 Å². The second-order valence-electron chi connectivity index (χ2n) is 2.56. The SMILES string of the molecule is CC(Cl)Oc1c(F)c(F)c(F)c(F)c1Cl. The topological polar surface area (TPSA) is 9.23 Å². The van der Waals surface area contributed by atoms with Crippen LogP contribution in [0.3, 0.4) is 0 Å². The maximum absolute atomic E-state index is 13.0. The molecule has 0 fully saturated rings. The van der Waals surface area contributed by atoms with E-state index in [0.717, 1.165) is 0 Å². The second kappa shape index (κ2) is 4.45. The quantitative estimate of drug-likeness (QED) is 0.340. The highest BCUT2D eigenvalue weighted by molar-refractivity contribution is 6.32. The molecule has 84 valence electrons. The van der Waals surface area contributed by atoms with Crippen molar-refractivity contribution in [3.05, 3.63) is 28.3 Å². The van der Waals surface area contributed by atoms with Crippen molar-refractivity contribution in [1.29, 1.82) is 0 Å². The van der Waals surface area contributed by atoms with Gasteiger partial charge in [0.1, 0.15) is 5.02 Å². The number of ether oxygens (including phenoxy) is 1. The van der Waals surface area contributed by atoms with E-state index in [2.05, 4.69) is 4.74 Å². The summed E-state index contributed by atoms with van der Waals surface area (Å²) >= 11 is 10.5. The molecule has 0 saturated heterocycles. The molecule has 0 aliphatic rings. The minimum atomic E-state index is -2.00. The minimum Gasteiger partial charge on any atom is -0.470 e. The van der Waals surface area contributed by atoms with Gasteiger partial charge in [-0.25, -0.2) is 13.2 Å². The summed E-state index contributed by atoms with van der Waals surface area (Å²) in [5, 5.41) is -0.987. The van der Waals surface area contributed by atoms with Crippen LogP contribution in [0.2, 0.25) is 5.02 Å². The lowest BCUT2D eigenvalue weighted by Crippen LogP contribution is -2.08. The lowest BCUT2D eigenvalue weighted by Gasteiger charge is -2.12. The molecule has 0 bridgehead atoms. The fourth-order valence-corrected chi connectivity index (χ4v) is 1.15. The van der Waals surface area contributed by atoms with Gasteiger partial charge in [-0.15, -0.1) is 0 Å². The maximum atomic E-state index is 13.0. The summed E-state index contributed by atoms with van der Waals surface area (Å²) < 4.78 is 55.7. The monoisotopic (exact) mass is 262 g/mol. The molecular weight excluding hydrogens is 259 g/mol. The summed E-state index contributed by atoms with van der Waals surface area (Å²) in [6, 6.07) is 0. The normalized spacial score (nSPS) is 12.7. The van der Waals surface area contributed by atoms with Crippen LogP contribution in [-0.2, 0) is 0 Å². The van der Waals surface area contributed by atoms with Crippen molar-refractivity contribution < 1.29 is 22.3 Å². The van der Waals surface area contributed by atoms with E-state index in [9.17, 15) is 17.6 Å². The van der Waals surface area contributed by atoms with Crippen LogP contribution in [0.25, 0.3) is 0 Å². The Kier molecular flexibility index (Phi) is 3.67. The van der Waals surface area contributed by atoms with Crippen LogP contribution < -0.4 is 4.74 Å². The molecule has 1 atom stereocenters. The molecule has 1 unspecified atom stereocenters. The summed E-state index contributed by atoms with van der Waals surface area (Å²) in [6.07, 6.45) is 0. The summed E-state index contributed by atoms with van der Waals surface area (Å²) in [5.41, 5.74) is -1.07. The second-order valence-corrected chi connectivity index (χ2v) is 3.55. The van der Waals surface area contributed by atoms with Crippen molar-refractivity contribution in [2.24, 2.45) is 0 Å². The standard InChI is InChI=1S/C8H4Cl2F4O/c1-2(9)15-8-3(10)4(11)5(12)6(13)7(8)14/h2H,1H3. The molecule has 0 heterocycles. The molecule has 0 saturated carbocycles. The van der Waals surface area contributed by atoms with Gasteiger partial charge in [0.2, 0.25) is 11.6 Å². The lowest BCUT2D eigenvalue weighted by molar-refractivity contribution is 0.273. The summed E-state index contributed by atoms with van der Waals surface area (Å²) in [4.78, 5) is 0. The van der Waals surface area contributed by atoms with Gasteiger partial charge in [-0.1, -0.05) is 23.2 Å². The molecule has 0 radical (unpaired) electrons. The molecule has 0 aliphatic heterocycles. The molecule has 0 spiro atoms. The van der Waals surface area contributed by atoms with Gasteiger partial charge in [0.15, 0.2) is 22.9 Å². The van der Waals surface area contributed by atoms with E-state index in [0.29, 0.717) is 0 Å². The zero-order valence-corrected chi connectivity index (χ0v) is 8.77. The zero-order valence-electron chi connectivity index (χ0n) is 7.25. The van der Waals surface area contributed by atoms with Crippen molar-refractivity contribution in [3.8, 4) is 5.75 Å². The third-order valence-corrected chi connectivity index (χ3v) is 1.88. The molecule has 0 aromatic heterocycles. The Morgan fingerprint density at radius 3 is 1.93 bits per heavy atom. The van der Waals surface area contributed by atoms with Crippen molar-refractivity contribution in [2.75, 3.05) is 0 Å². The van der Waals surface area contributed by atoms with Gasteiger partial charge >= 0.3 is 0 Å². The van der Waals surface area contributed by atoms with Gasteiger partial charge in [-0.2, -0.15) is 4.39 Å². The lowest BCUT2D eigenvalue weighted by atomic mass is 10.3. The zero-order chi connectivity index (χ0) is 11.7. The predicted octanol–water partition coefficient (Wildman–Crippen LogP) is 3.86. The predicted molar refractivity (Wildman–Crippen MR) is 47.2 cm³/mol. The highest BCUT2D eigenvalue weighted by Crippen LogP contribution is 2.35. The molecule has 1 nitrogen and oxygen atoms in total. The fraction of sp³-hybridized carbons (Fsp3) is 0.250. The summed E-state index contributed by atoms with van der Waals surface area (Å²) in [5.74, 6) is -8.37. The van der Waals surface area contributed by atoms with Crippen LogP contribution in [0.5, 0.6) is 5.75 Å². The van der Waals surface area contributed by atoms with Crippen LogP contribution in [0.4, 0.5) is 17.6 Å². The van der Waals surface area contributed by atoms with E-state index >= 15 is 0 Å². The summed E-state index contributed by atoms with van der Waals surface area (Å²) in [7, 11) is 0. The van der Waals surface area contributed by atoms with Gasteiger partial charge in [-0.05, 0) is 6.92 Å². The fourth-order valence-electron chi connectivity index (χ4n) is 0.851. The first-order chi connectivity index (χ1) is 6.86. The molecule has 1 aromatic rings. The number of alkyl halides is 1. The molecule has 0 aliphatic carbocycles. The smallest absolute Gasteiger partial charge is 0.205 e. The molecule has 0 N–H and O–H groups in total. The molecule has 1 aromatic carbocycles. The van der Waals surface area contributed by atoms with Gasteiger partial charge in [0.25, 0.3) is 0 Å². The van der Waals surface area contributed by atoms with E-state index in [1.54, 1.807) is 0 Å². The average Bonchev–Trinajstić information content (AvgIpc) is 2.18. The Bertz CT molecular complexity index is 366. The maximum Gasteiger partial charge on any atom is 0.205 e. The van der Waals surface area contributed by atoms with E-state index in [4.69, 9.17) is 23.2 Å². The first-order valence-corrected chi connectivity index (χ1v) is 4.49. The van der Waals surface area contributed by atoms with Crippen LogP contribution in [0, 0.1) is 23.3 Å². The van der Waals surface area contributed by atoms with Crippen LogP contribution in [0.15, 0.2) is 0 Å².